The van der Waals surface area contributed by atoms with E-state index >= 15 is 0 Å². The first-order valence-corrected chi connectivity index (χ1v) is 17.3. The molecular weight excluding hydrogens is 653 g/mol. The summed E-state index contributed by atoms with van der Waals surface area (Å²) in [6.07, 6.45) is 14.3. The van der Waals surface area contributed by atoms with E-state index in [1.807, 2.05) is 35.0 Å². The molecular formula is C37H44N8O4S. The second kappa shape index (κ2) is 14.1. The molecule has 1 atom stereocenters. The Morgan fingerprint density at radius 1 is 1.00 bits per heavy atom. The van der Waals surface area contributed by atoms with Crippen molar-refractivity contribution in [2.24, 2.45) is 7.05 Å². The third kappa shape index (κ3) is 6.12. The van der Waals surface area contributed by atoms with Crippen molar-refractivity contribution in [2.45, 2.75) is 57.7 Å². The lowest BCUT2D eigenvalue weighted by atomic mass is 10.0. The first-order valence-electron chi connectivity index (χ1n) is 17.3. The highest BCUT2D eigenvalue weighted by Gasteiger charge is 2.32. The van der Waals surface area contributed by atoms with Gasteiger partial charge in [0.1, 0.15) is 22.8 Å². The van der Waals surface area contributed by atoms with Crippen LogP contribution in [0.25, 0.3) is 22.5 Å². The standard InChI is InChI=1S/C37H42N8O4.H2S/c1-24-19-42(28-22-49-23-28)12-13-43(24)27-8-9-34(39-18-27)40-31-16-26(20-41(2)36(31)47)29-10-11-38-35(30(29)21-46)45-15-14-44-32-7-5-3-4-6-25(32)17-33(44)37(45)48;/h8-11,14-18,20,24,28,46H,3-7,12-13,19,21-23H2,1-2H3,(H,39,40);1H2/t24-;/m0./s1. The first-order chi connectivity index (χ1) is 23.9. The van der Waals surface area contributed by atoms with E-state index < -0.39 is 0 Å². The Labute approximate surface area is 297 Å². The van der Waals surface area contributed by atoms with Gasteiger partial charge in [0.05, 0.1) is 37.7 Å². The van der Waals surface area contributed by atoms with Gasteiger partial charge in [-0.05, 0) is 74.1 Å². The Morgan fingerprint density at radius 3 is 2.58 bits per heavy atom. The van der Waals surface area contributed by atoms with Gasteiger partial charge in [-0.25, -0.2) is 9.97 Å². The summed E-state index contributed by atoms with van der Waals surface area (Å²) in [5, 5.41) is 13.9. The molecule has 7 heterocycles. The summed E-state index contributed by atoms with van der Waals surface area (Å²) in [6, 6.07) is 10.4. The third-order valence-corrected chi connectivity index (χ3v) is 10.4. The molecule has 0 radical (unpaired) electrons. The van der Waals surface area contributed by atoms with Crippen molar-refractivity contribution >= 4 is 36.2 Å². The van der Waals surface area contributed by atoms with Gasteiger partial charge in [0.25, 0.3) is 11.1 Å². The van der Waals surface area contributed by atoms with Gasteiger partial charge in [0, 0.05) is 74.3 Å². The molecule has 0 saturated carbocycles. The quantitative estimate of drug-likeness (QED) is 0.245. The number of ether oxygens (including phenoxy) is 1. The zero-order valence-corrected chi connectivity index (χ0v) is 29.5. The lowest BCUT2D eigenvalue weighted by Gasteiger charge is -2.46. The molecule has 0 bridgehead atoms. The number of fused-ring (bicyclic) bond motifs is 3. The highest BCUT2D eigenvalue weighted by atomic mass is 32.1. The number of aliphatic hydroxyl groups excluding tert-OH is 1. The normalized spacial score (nSPS) is 18.3. The fraction of sp³-hybridized carbons (Fsp3) is 0.405. The summed E-state index contributed by atoms with van der Waals surface area (Å²) in [6.45, 7) is 6.44. The van der Waals surface area contributed by atoms with Crippen molar-refractivity contribution in [3.05, 3.63) is 98.8 Å². The van der Waals surface area contributed by atoms with Crippen LogP contribution in [0.1, 0.15) is 43.0 Å². The lowest BCUT2D eigenvalue weighted by molar-refractivity contribution is -0.0691. The fourth-order valence-corrected chi connectivity index (χ4v) is 7.69. The van der Waals surface area contributed by atoms with E-state index in [-0.39, 0.29) is 31.2 Å². The minimum Gasteiger partial charge on any atom is -0.392 e. The predicted octanol–water partition coefficient (Wildman–Crippen LogP) is 3.77. The molecule has 262 valence electrons. The number of anilines is 3. The van der Waals surface area contributed by atoms with Gasteiger partial charge < -0.3 is 29.0 Å². The Balaban J connectivity index is 0.00000392. The molecule has 2 N–H and O–H groups in total. The van der Waals surface area contributed by atoms with Crippen LogP contribution in [0.3, 0.4) is 0 Å². The Morgan fingerprint density at radius 2 is 1.84 bits per heavy atom. The van der Waals surface area contributed by atoms with Crippen molar-refractivity contribution in [1.29, 1.82) is 0 Å². The summed E-state index contributed by atoms with van der Waals surface area (Å²) in [5.74, 6) is 0.916. The minimum absolute atomic E-state index is 0. The summed E-state index contributed by atoms with van der Waals surface area (Å²) in [4.78, 5) is 41.2. The molecule has 2 saturated heterocycles. The van der Waals surface area contributed by atoms with Gasteiger partial charge in [-0.2, -0.15) is 13.5 Å². The maximum atomic E-state index is 13.9. The van der Waals surface area contributed by atoms with Crippen LogP contribution in [-0.4, -0.2) is 78.4 Å². The Kier molecular flexibility index (Phi) is 9.57. The molecule has 0 amide bonds. The van der Waals surface area contributed by atoms with Crippen LogP contribution in [0.5, 0.6) is 0 Å². The van der Waals surface area contributed by atoms with E-state index in [0.717, 1.165) is 64.2 Å². The van der Waals surface area contributed by atoms with Crippen LogP contribution in [0.15, 0.2) is 70.9 Å². The van der Waals surface area contributed by atoms with E-state index in [1.54, 1.807) is 37.8 Å². The topological polar surface area (TPSA) is 122 Å². The van der Waals surface area contributed by atoms with Crippen molar-refractivity contribution < 1.29 is 9.84 Å². The number of hydrogen-bond acceptors (Lipinski definition) is 9. The Hall–Kier alpha value is -4.43. The van der Waals surface area contributed by atoms with E-state index in [4.69, 9.17) is 4.74 Å². The van der Waals surface area contributed by atoms with E-state index in [9.17, 15) is 14.7 Å². The van der Waals surface area contributed by atoms with Gasteiger partial charge in [0.15, 0.2) is 0 Å². The van der Waals surface area contributed by atoms with Crippen LogP contribution < -0.4 is 21.3 Å². The smallest absolute Gasteiger partial charge is 0.280 e. The largest absolute Gasteiger partial charge is 0.392 e. The molecule has 0 spiro atoms. The second-order valence-corrected chi connectivity index (χ2v) is 13.5. The van der Waals surface area contributed by atoms with Crippen LogP contribution in [0, 0.1) is 0 Å². The highest BCUT2D eigenvalue weighted by Crippen LogP contribution is 2.30. The van der Waals surface area contributed by atoms with Crippen LogP contribution in [0.4, 0.5) is 17.2 Å². The molecule has 2 fully saturated rings. The summed E-state index contributed by atoms with van der Waals surface area (Å²) >= 11 is 0. The molecule has 2 aliphatic heterocycles. The SMILES string of the molecule is C[C@H]1CN(C2COC2)CCN1c1ccc(Nc2cc(-c3ccnc(-n4ccn5c6c(cc5c4=O)CCCCC6)c3CO)cn(C)c2=O)nc1.S. The third-order valence-electron chi connectivity index (χ3n) is 10.4. The number of nitrogens with one attached hydrogen (secondary N) is 1. The number of aliphatic hydroxyl groups is 1. The summed E-state index contributed by atoms with van der Waals surface area (Å²) < 4.78 is 10.4. The molecule has 0 unspecified atom stereocenters. The summed E-state index contributed by atoms with van der Waals surface area (Å²) in [5.41, 5.74) is 5.92. The number of aromatic nitrogens is 5. The van der Waals surface area contributed by atoms with Crippen molar-refractivity contribution in [3.63, 3.8) is 0 Å². The molecule has 5 aromatic rings. The minimum atomic E-state index is -0.344. The van der Waals surface area contributed by atoms with E-state index in [1.165, 1.54) is 26.8 Å². The number of piperazine rings is 1. The Bertz CT molecular complexity index is 2140. The average molecular weight is 697 g/mol. The zero-order valence-electron chi connectivity index (χ0n) is 28.5. The van der Waals surface area contributed by atoms with Gasteiger partial charge in [-0.3, -0.25) is 19.1 Å². The molecule has 8 rings (SSSR count). The lowest BCUT2D eigenvalue weighted by Crippen LogP contribution is -2.59. The van der Waals surface area contributed by atoms with E-state index in [0.29, 0.717) is 51.6 Å². The van der Waals surface area contributed by atoms with Gasteiger partial charge in [0.2, 0.25) is 0 Å². The van der Waals surface area contributed by atoms with Crippen molar-refractivity contribution in [3.8, 4) is 16.9 Å². The van der Waals surface area contributed by atoms with Gasteiger partial charge >= 0.3 is 0 Å². The monoisotopic (exact) mass is 696 g/mol. The van der Waals surface area contributed by atoms with Gasteiger partial charge in [-0.15, -0.1) is 0 Å². The fourth-order valence-electron chi connectivity index (χ4n) is 7.69. The van der Waals surface area contributed by atoms with Crippen LogP contribution in [-0.2, 0) is 31.2 Å². The number of hydrogen-bond donors (Lipinski definition) is 2. The molecule has 12 nitrogen and oxygen atoms in total. The van der Waals surface area contributed by atoms with E-state index in [2.05, 4.69) is 32.0 Å². The maximum absolute atomic E-state index is 13.9. The van der Waals surface area contributed by atoms with Crippen molar-refractivity contribution in [2.75, 3.05) is 43.1 Å². The second-order valence-electron chi connectivity index (χ2n) is 13.5. The molecule has 0 aromatic carbocycles. The molecule has 3 aliphatic rings. The van der Waals surface area contributed by atoms with Crippen molar-refractivity contribution in [1.82, 2.24) is 28.4 Å². The predicted molar refractivity (Wildman–Crippen MR) is 200 cm³/mol. The van der Waals surface area contributed by atoms with Crippen LogP contribution >= 0.6 is 13.5 Å². The number of nitrogens with zero attached hydrogens (tertiary/aromatic N) is 7. The van der Waals surface area contributed by atoms with Crippen LogP contribution in [0.2, 0.25) is 0 Å². The zero-order chi connectivity index (χ0) is 33.6. The molecule has 50 heavy (non-hydrogen) atoms. The molecule has 1 aliphatic carbocycles. The number of aryl methyl sites for hydroxylation is 3. The van der Waals surface area contributed by atoms with Gasteiger partial charge in [-0.1, -0.05) is 6.42 Å². The molecule has 5 aromatic heterocycles. The highest BCUT2D eigenvalue weighted by molar-refractivity contribution is 7.59. The number of pyridine rings is 3. The summed E-state index contributed by atoms with van der Waals surface area (Å²) in [7, 11) is 1.69. The average Bonchev–Trinajstić information content (AvgIpc) is 3.27. The molecule has 13 heteroatoms. The first kappa shape index (κ1) is 34.0. The maximum Gasteiger partial charge on any atom is 0.280 e. The number of rotatable bonds is 7.